The molecule has 0 spiro atoms. The summed E-state index contributed by atoms with van der Waals surface area (Å²) in [5.41, 5.74) is 1.70. The standard InChI is InChI=1S/C19H20FNO3/c20-16-12-10-15(11-13-16)19(14-6-2-1-3-7-14)21-17(22)8-4-5-9-18(23)24/h1-3,6-7,10-13,19H,4-5,8-9H2,(H,21,22)(H,23,24). The molecule has 24 heavy (non-hydrogen) atoms. The van der Waals surface area contributed by atoms with Crippen LogP contribution < -0.4 is 5.32 Å². The van der Waals surface area contributed by atoms with Crippen molar-refractivity contribution < 1.29 is 19.1 Å². The average molecular weight is 329 g/mol. The molecular formula is C19H20FNO3. The highest BCUT2D eigenvalue weighted by Crippen LogP contribution is 2.22. The van der Waals surface area contributed by atoms with Crippen molar-refractivity contribution in [2.45, 2.75) is 31.7 Å². The molecule has 4 nitrogen and oxygen atoms in total. The molecule has 0 bridgehead atoms. The third-order valence-corrected chi connectivity index (χ3v) is 3.69. The zero-order valence-corrected chi connectivity index (χ0v) is 13.2. The van der Waals surface area contributed by atoms with Gasteiger partial charge in [0.15, 0.2) is 0 Å². The molecule has 5 heteroatoms. The van der Waals surface area contributed by atoms with Crippen LogP contribution >= 0.6 is 0 Å². The van der Waals surface area contributed by atoms with E-state index in [1.807, 2.05) is 30.3 Å². The molecule has 0 aliphatic heterocycles. The number of benzene rings is 2. The maximum Gasteiger partial charge on any atom is 0.303 e. The van der Waals surface area contributed by atoms with Crippen LogP contribution in [0.4, 0.5) is 4.39 Å². The number of carboxylic acid groups (broad SMARTS) is 1. The first-order valence-electron chi connectivity index (χ1n) is 7.88. The summed E-state index contributed by atoms with van der Waals surface area (Å²) in [5, 5.41) is 11.6. The Morgan fingerprint density at radius 1 is 0.917 bits per heavy atom. The van der Waals surface area contributed by atoms with Crippen LogP contribution in [-0.2, 0) is 9.59 Å². The minimum atomic E-state index is -0.858. The Balaban J connectivity index is 2.05. The first kappa shape index (κ1) is 17.7. The third kappa shape index (κ3) is 5.50. The first-order chi connectivity index (χ1) is 11.6. The van der Waals surface area contributed by atoms with Crippen molar-refractivity contribution in [2.75, 3.05) is 0 Å². The van der Waals surface area contributed by atoms with Gasteiger partial charge in [0, 0.05) is 12.8 Å². The van der Waals surface area contributed by atoms with E-state index in [2.05, 4.69) is 5.32 Å². The quantitative estimate of drug-likeness (QED) is 0.726. The van der Waals surface area contributed by atoms with Crippen LogP contribution in [0.3, 0.4) is 0 Å². The molecule has 0 fully saturated rings. The predicted molar refractivity (Wildman–Crippen MR) is 88.9 cm³/mol. The number of halogens is 1. The zero-order valence-electron chi connectivity index (χ0n) is 13.2. The van der Waals surface area contributed by atoms with Gasteiger partial charge in [0.25, 0.3) is 0 Å². The van der Waals surface area contributed by atoms with Gasteiger partial charge in [-0.1, -0.05) is 42.5 Å². The number of hydrogen-bond acceptors (Lipinski definition) is 2. The number of aliphatic carboxylic acids is 1. The molecular weight excluding hydrogens is 309 g/mol. The van der Waals surface area contributed by atoms with Crippen LogP contribution in [0.25, 0.3) is 0 Å². The lowest BCUT2D eigenvalue weighted by atomic mass is 9.98. The number of amides is 1. The second-order valence-electron chi connectivity index (χ2n) is 5.56. The third-order valence-electron chi connectivity index (χ3n) is 3.69. The molecule has 0 radical (unpaired) electrons. The summed E-state index contributed by atoms with van der Waals surface area (Å²) < 4.78 is 13.2. The first-order valence-corrected chi connectivity index (χ1v) is 7.88. The van der Waals surface area contributed by atoms with Gasteiger partial charge in [-0.3, -0.25) is 9.59 Å². The number of carbonyl (C=O) groups is 2. The fourth-order valence-corrected chi connectivity index (χ4v) is 2.45. The molecule has 2 rings (SSSR count). The Morgan fingerprint density at radius 2 is 1.50 bits per heavy atom. The number of carboxylic acids is 1. The summed E-state index contributed by atoms with van der Waals surface area (Å²) >= 11 is 0. The predicted octanol–water partition coefficient (Wildman–Crippen LogP) is 3.68. The van der Waals surface area contributed by atoms with E-state index in [1.54, 1.807) is 12.1 Å². The lowest BCUT2D eigenvalue weighted by Gasteiger charge is -2.20. The SMILES string of the molecule is O=C(O)CCCCC(=O)NC(c1ccccc1)c1ccc(F)cc1. The van der Waals surface area contributed by atoms with Gasteiger partial charge in [-0.15, -0.1) is 0 Å². The summed E-state index contributed by atoms with van der Waals surface area (Å²) in [6.07, 6.45) is 1.31. The van der Waals surface area contributed by atoms with Gasteiger partial charge in [-0.2, -0.15) is 0 Å². The van der Waals surface area contributed by atoms with Gasteiger partial charge in [-0.05, 0) is 36.1 Å². The van der Waals surface area contributed by atoms with Gasteiger partial charge in [0.05, 0.1) is 6.04 Å². The van der Waals surface area contributed by atoms with Crippen molar-refractivity contribution in [1.29, 1.82) is 0 Å². The maximum absolute atomic E-state index is 13.2. The van der Waals surface area contributed by atoms with E-state index >= 15 is 0 Å². The highest BCUT2D eigenvalue weighted by atomic mass is 19.1. The summed E-state index contributed by atoms with van der Waals surface area (Å²) in [6, 6.07) is 15.1. The van der Waals surface area contributed by atoms with Gasteiger partial charge < -0.3 is 10.4 Å². The smallest absolute Gasteiger partial charge is 0.303 e. The van der Waals surface area contributed by atoms with E-state index in [9.17, 15) is 14.0 Å². The highest BCUT2D eigenvalue weighted by Gasteiger charge is 2.16. The molecule has 126 valence electrons. The Hall–Kier alpha value is -2.69. The fourth-order valence-electron chi connectivity index (χ4n) is 2.45. The molecule has 1 amide bonds. The molecule has 0 aliphatic rings. The fraction of sp³-hybridized carbons (Fsp3) is 0.263. The molecule has 0 saturated heterocycles. The molecule has 2 N–H and O–H groups in total. The maximum atomic E-state index is 13.2. The number of hydrogen-bond donors (Lipinski definition) is 2. The average Bonchev–Trinajstić information content (AvgIpc) is 2.58. The lowest BCUT2D eigenvalue weighted by molar-refractivity contribution is -0.137. The molecule has 1 atom stereocenters. The largest absolute Gasteiger partial charge is 0.481 e. The van der Waals surface area contributed by atoms with Crippen molar-refractivity contribution in [2.24, 2.45) is 0 Å². The molecule has 2 aromatic carbocycles. The molecule has 0 aliphatic carbocycles. The van der Waals surface area contributed by atoms with Crippen LogP contribution in [0.15, 0.2) is 54.6 Å². The van der Waals surface area contributed by atoms with E-state index in [4.69, 9.17) is 5.11 Å². The van der Waals surface area contributed by atoms with Crippen molar-refractivity contribution in [3.8, 4) is 0 Å². The van der Waals surface area contributed by atoms with Crippen LogP contribution in [0.2, 0.25) is 0 Å². The van der Waals surface area contributed by atoms with Gasteiger partial charge in [0.1, 0.15) is 5.82 Å². The number of nitrogens with one attached hydrogen (secondary N) is 1. The summed E-state index contributed by atoms with van der Waals surface area (Å²) in [4.78, 5) is 22.7. The number of rotatable bonds is 8. The van der Waals surface area contributed by atoms with Crippen LogP contribution in [-0.4, -0.2) is 17.0 Å². The van der Waals surface area contributed by atoms with E-state index in [0.29, 0.717) is 12.8 Å². The van der Waals surface area contributed by atoms with Crippen LogP contribution in [0.1, 0.15) is 42.9 Å². The second kappa shape index (κ2) is 8.82. The molecule has 0 heterocycles. The van der Waals surface area contributed by atoms with E-state index in [1.165, 1.54) is 12.1 Å². The van der Waals surface area contributed by atoms with Crippen LogP contribution in [0, 0.1) is 5.82 Å². The van der Waals surface area contributed by atoms with Crippen LogP contribution in [0.5, 0.6) is 0 Å². The van der Waals surface area contributed by atoms with Gasteiger partial charge in [0.2, 0.25) is 5.91 Å². The zero-order chi connectivity index (χ0) is 17.4. The topological polar surface area (TPSA) is 66.4 Å². The molecule has 1 unspecified atom stereocenters. The Bertz CT molecular complexity index is 671. The molecule has 0 aromatic heterocycles. The minimum Gasteiger partial charge on any atom is -0.481 e. The molecule has 2 aromatic rings. The lowest BCUT2D eigenvalue weighted by Crippen LogP contribution is -2.29. The number of carbonyl (C=O) groups excluding carboxylic acids is 1. The van der Waals surface area contributed by atoms with Crippen molar-refractivity contribution in [1.82, 2.24) is 5.32 Å². The Labute approximate surface area is 140 Å². The van der Waals surface area contributed by atoms with Gasteiger partial charge >= 0.3 is 5.97 Å². The van der Waals surface area contributed by atoms with E-state index < -0.39 is 5.97 Å². The van der Waals surface area contributed by atoms with Crippen molar-refractivity contribution >= 4 is 11.9 Å². The van der Waals surface area contributed by atoms with E-state index in [-0.39, 0.29) is 30.6 Å². The van der Waals surface area contributed by atoms with Gasteiger partial charge in [-0.25, -0.2) is 4.39 Å². The summed E-state index contributed by atoms with van der Waals surface area (Å²) in [5.74, 6) is -1.34. The van der Waals surface area contributed by atoms with Crippen molar-refractivity contribution in [3.05, 3.63) is 71.5 Å². The molecule has 0 saturated carbocycles. The number of unbranched alkanes of at least 4 members (excludes halogenated alkanes) is 1. The Morgan fingerprint density at radius 3 is 2.12 bits per heavy atom. The summed E-state index contributed by atoms with van der Waals surface area (Å²) in [7, 11) is 0. The monoisotopic (exact) mass is 329 g/mol. The Kier molecular flexibility index (Phi) is 6.49. The highest BCUT2D eigenvalue weighted by molar-refractivity contribution is 5.77. The second-order valence-corrected chi connectivity index (χ2v) is 5.56. The van der Waals surface area contributed by atoms with Crippen molar-refractivity contribution in [3.63, 3.8) is 0 Å². The van der Waals surface area contributed by atoms with E-state index in [0.717, 1.165) is 11.1 Å². The normalized spacial score (nSPS) is 11.7. The summed E-state index contributed by atoms with van der Waals surface area (Å²) in [6.45, 7) is 0. The minimum absolute atomic E-state index is 0.0629.